The second kappa shape index (κ2) is 7.32. The van der Waals surface area contributed by atoms with E-state index in [9.17, 15) is 4.79 Å². The molecule has 1 aliphatic rings. The van der Waals surface area contributed by atoms with Gasteiger partial charge in [-0.2, -0.15) is 4.98 Å². The predicted octanol–water partition coefficient (Wildman–Crippen LogP) is 1.27. The van der Waals surface area contributed by atoms with E-state index in [1.54, 1.807) is 13.1 Å². The number of likely N-dealkylation sites (tertiary alicyclic amines) is 1. The number of amides is 1. The van der Waals surface area contributed by atoms with Gasteiger partial charge in [0.25, 0.3) is 0 Å². The van der Waals surface area contributed by atoms with Crippen LogP contribution in [0.3, 0.4) is 0 Å². The SMILES string of the molecule is Cc1nc(C2CCN(CC(=O)NCc3ccccn3)CC2)no1. The molecule has 7 heteroatoms. The number of aryl methyl sites for hydroxylation is 1. The largest absolute Gasteiger partial charge is 0.349 e. The van der Waals surface area contributed by atoms with Crippen LogP contribution < -0.4 is 5.32 Å². The highest BCUT2D eigenvalue weighted by Gasteiger charge is 2.25. The molecule has 0 bridgehead atoms. The molecule has 1 N–H and O–H groups in total. The van der Waals surface area contributed by atoms with Crippen LogP contribution in [-0.4, -0.2) is 45.6 Å². The Bertz CT molecular complexity index is 635. The van der Waals surface area contributed by atoms with Gasteiger partial charge in [0.2, 0.25) is 11.8 Å². The summed E-state index contributed by atoms with van der Waals surface area (Å²) in [6, 6.07) is 5.68. The smallest absolute Gasteiger partial charge is 0.234 e. The highest BCUT2D eigenvalue weighted by atomic mass is 16.5. The number of hydrogen-bond donors (Lipinski definition) is 1. The Morgan fingerprint density at radius 2 is 2.22 bits per heavy atom. The number of rotatable bonds is 5. The van der Waals surface area contributed by atoms with E-state index >= 15 is 0 Å². The standard InChI is InChI=1S/C16H21N5O2/c1-12-19-16(20-23-12)13-5-8-21(9-6-13)11-15(22)18-10-14-4-2-3-7-17-14/h2-4,7,13H,5-6,8-11H2,1H3,(H,18,22). The Morgan fingerprint density at radius 1 is 1.39 bits per heavy atom. The molecule has 3 rings (SSSR count). The van der Waals surface area contributed by atoms with Crippen LogP contribution in [0.1, 0.15) is 36.2 Å². The summed E-state index contributed by atoms with van der Waals surface area (Å²) in [6.45, 7) is 4.44. The van der Waals surface area contributed by atoms with Crippen molar-refractivity contribution in [3.8, 4) is 0 Å². The van der Waals surface area contributed by atoms with Gasteiger partial charge in [-0.3, -0.25) is 14.7 Å². The summed E-state index contributed by atoms with van der Waals surface area (Å²) in [5.74, 6) is 1.77. The molecular weight excluding hydrogens is 294 g/mol. The first-order valence-corrected chi connectivity index (χ1v) is 7.90. The molecule has 23 heavy (non-hydrogen) atoms. The zero-order valence-corrected chi connectivity index (χ0v) is 13.2. The maximum atomic E-state index is 12.0. The average molecular weight is 315 g/mol. The normalized spacial score (nSPS) is 16.4. The van der Waals surface area contributed by atoms with E-state index in [4.69, 9.17) is 4.52 Å². The van der Waals surface area contributed by atoms with Gasteiger partial charge in [-0.25, -0.2) is 0 Å². The minimum atomic E-state index is 0.0320. The van der Waals surface area contributed by atoms with Crippen molar-refractivity contribution in [1.29, 1.82) is 0 Å². The number of carbonyl (C=O) groups is 1. The number of pyridine rings is 1. The number of carbonyl (C=O) groups excluding carboxylic acids is 1. The Labute approximate surface area is 135 Å². The van der Waals surface area contributed by atoms with Crippen molar-refractivity contribution in [2.24, 2.45) is 0 Å². The third kappa shape index (κ3) is 4.35. The lowest BCUT2D eigenvalue weighted by molar-refractivity contribution is -0.122. The van der Waals surface area contributed by atoms with E-state index in [1.165, 1.54) is 0 Å². The zero-order valence-electron chi connectivity index (χ0n) is 13.2. The lowest BCUT2D eigenvalue weighted by Gasteiger charge is -2.29. The van der Waals surface area contributed by atoms with Gasteiger partial charge in [-0.05, 0) is 38.1 Å². The van der Waals surface area contributed by atoms with Crippen molar-refractivity contribution < 1.29 is 9.32 Å². The average Bonchev–Trinajstić information content (AvgIpc) is 3.01. The molecule has 0 aliphatic carbocycles. The fourth-order valence-corrected chi connectivity index (χ4v) is 2.78. The number of hydrogen-bond acceptors (Lipinski definition) is 6. The van der Waals surface area contributed by atoms with E-state index < -0.39 is 0 Å². The summed E-state index contributed by atoms with van der Waals surface area (Å²) in [7, 11) is 0. The maximum absolute atomic E-state index is 12.0. The molecule has 2 aromatic heterocycles. The van der Waals surface area contributed by atoms with Crippen molar-refractivity contribution in [2.75, 3.05) is 19.6 Å². The second-order valence-corrected chi connectivity index (χ2v) is 5.82. The summed E-state index contributed by atoms with van der Waals surface area (Å²) in [5.41, 5.74) is 0.868. The van der Waals surface area contributed by atoms with E-state index in [1.807, 2.05) is 18.2 Å². The molecule has 0 unspecified atom stereocenters. The van der Waals surface area contributed by atoms with Gasteiger partial charge < -0.3 is 9.84 Å². The Hall–Kier alpha value is -2.28. The molecule has 0 radical (unpaired) electrons. The van der Waals surface area contributed by atoms with Crippen LogP contribution in [0.2, 0.25) is 0 Å². The molecule has 0 atom stereocenters. The van der Waals surface area contributed by atoms with Gasteiger partial charge in [0, 0.05) is 19.0 Å². The minimum Gasteiger partial charge on any atom is -0.349 e. The lowest BCUT2D eigenvalue weighted by Crippen LogP contribution is -2.41. The minimum absolute atomic E-state index is 0.0320. The van der Waals surface area contributed by atoms with E-state index in [0.717, 1.165) is 37.4 Å². The second-order valence-electron chi connectivity index (χ2n) is 5.82. The van der Waals surface area contributed by atoms with Crippen LogP contribution in [0.25, 0.3) is 0 Å². The fourth-order valence-electron chi connectivity index (χ4n) is 2.78. The van der Waals surface area contributed by atoms with Crippen molar-refractivity contribution in [1.82, 2.24) is 25.3 Å². The van der Waals surface area contributed by atoms with Crippen LogP contribution in [-0.2, 0) is 11.3 Å². The molecular formula is C16H21N5O2. The Morgan fingerprint density at radius 3 is 2.87 bits per heavy atom. The molecule has 2 aromatic rings. The highest BCUT2D eigenvalue weighted by Crippen LogP contribution is 2.25. The lowest BCUT2D eigenvalue weighted by atomic mass is 9.96. The van der Waals surface area contributed by atoms with Gasteiger partial charge in [0.05, 0.1) is 18.8 Å². The molecule has 7 nitrogen and oxygen atoms in total. The molecule has 0 saturated carbocycles. The summed E-state index contributed by atoms with van der Waals surface area (Å²) >= 11 is 0. The molecule has 1 fully saturated rings. The maximum Gasteiger partial charge on any atom is 0.234 e. The number of aromatic nitrogens is 3. The first-order chi connectivity index (χ1) is 11.2. The molecule has 1 saturated heterocycles. The van der Waals surface area contributed by atoms with Gasteiger partial charge in [-0.1, -0.05) is 11.2 Å². The monoisotopic (exact) mass is 315 g/mol. The molecule has 3 heterocycles. The van der Waals surface area contributed by atoms with Gasteiger partial charge in [0.15, 0.2) is 5.82 Å². The van der Waals surface area contributed by atoms with Crippen LogP contribution in [0.15, 0.2) is 28.9 Å². The van der Waals surface area contributed by atoms with E-state index in [-0.39, 0.29) is 5.91 Å². The molecule has 122 valence electrons. The Kier molecular flexibility index (Phi) is 4.97. The van der Waals surface area contributed by atoms with Crippen LogP contribution >= 0.6 is 0 Å². The van der Waals surface area contributed by atoms with Crippen LogP contribution in [0.5, 0.6) is 0 Å². The zero-order chi connectivity index (χ0) is 16.1. The first-order valence-electron chi connectivity index (χ1n) is 7.90. The number of piperidine rings is 1. The highest BCUT2D eigenvalue weighted by molar-refractivity contribution is 5.77. The third-order valence-corrected chi connectivity index (χ3v) is 4.06. The predicted molar refractivity (Wildman–Crippen MR) is 83.5 cm³/mol. The summed E-state index contributed by atoms with van der Waals surface area (Å²) < 4.78 is 5.04. The van der Waals surface area contributed by atoms with E-state index in [2.05, 4.69) is 25.3 Å². The van der Waals surface area contributed by atoms with Crippen molar-refractivity contribution in [3.63, 3.8) is 0 Å². The molecule has 1 amide bonds. The molecule has 1 aliphatic heterocycles. The van der Waals surface area contributed by atoms with Gasteiger partial charge in [-0.15, -0.1) is 0 Å². The number of nitrogens with one attached hydrogen (secondary N) is 1. The summed E-state index contributed by atoms with van der Waals surface area (Å²) in [6.07, 6.45) is 3.63. The third-order valence-electron chi connectivity index (χ3n) is 4.06. The molecule has 0 aromatic carbocycles. The molecule has 0 spiro atoms. The van der Waals surface area contributed by atoms with Gasteiger partial charge in [0.1, 0.15) is 0 Å². The topological polar surface area (TPSA) is 84.2 Å². The quantitative estimate of drug-likeness (QED) is 0.894. The van der Waals surface area contributed by atoms with Gasteiger partial charge >= 0.3 is 0 Å². The van der Waals surface area contributed by atoms with Crippen LogP contribution in [0.4, 0.5) is 0 Å². The van der Waals surface area contributed by atoms with Crippen molar-refractivity contribution in [3.05, 3.63) is 41.8 Å². The summed E-state index contributed by atoms with van der Waals surface area (Å²) in [4.78, 5) is 22.7. The number of nitrogens with zero attached hydrogens (tertiary/aromatic N) is 4. The Balaban J connectivity index is 1.41. The summed E-state index contributed by atoms with van der Waals surface area (Å²) in [5, 5.41) is 6.91. The van der Waals surface area contributed by atoms with Crippen molar-refractivity contribution in [2.45, 2.75) is 32.2 Å². The van der Waals surface area contributed by atoms with Crippen molar-refractivity contribution >= 4 is 5.91 Å². The van der Waals surface area contributed by atoms with E-state index in [0.29, 0.717) is 24.9 Å². The van der Waals surface area contributed by atoms with Crippen LogP contribution in [0, 0.1) is 6.92 Å². The fraction of sp³-hybridized carbons (Fsp3) is 0.500. The first kappa shape index (κ1) is 15.6.